The van der Waals surface area contributed by atoms with Crippen molar-refractivity contribution in [3.8, 4) is 0 Å². The van der Waals surface area contributed by atoms with E-state index in [1.54, 1.807) is 13.0 Å². The van der Waals surface area contributed by atoms with Gasteiger partial charge in [0.15, 0.2) is 0 Å². The predicted molar refractivity (Wildman–Crippen MR) is 57.1 cm³/mol. The van der Waals surface area contributed by atoms with E-state index in [0.29, 0.717) is 19.8 Å². The molecule has 0 aliphatic heterocycles. The number of carbonyl (C=O) groups excluding carboxylic acids is 1. The fourth-order valence-electron chi connectivity index (χ4n) is 0.872. The molecule has 0 saturated heterocycles. The Hall–Kier alpha value is -1.45. The molecule has 0 N–H and O–H groups in total. The average Bonchev–Trinajstić information content (AvgIpc) is 2.23. The highest BCUT2D eigenvalue weighted by molar-refractivity contribution is 5.86. The fourth-order valence-corrected chi connectivity index (χ4v) is 0.872. The van der Waals surface area contributed by atoms with Gasteiger partial charge in [0.2, 0.25) is 5.76 Å². The second kappa shape index (κ2) is 9.12. The van der Waals surface area contributed by atoms with Gasteiger partial charge in [0.1, 0.15) is 13.2 Å². The standard InChI is InChI=1S/C11H18O4/c1-4-7-10(11(12)14-6-3)15-9-8-13-5-2/h5,7H,2,4,6,8-9H2,1,3H3. The van der Waals surface area contributed by atoms with Crippen molar-refractivity contribution in [2.45, 2.75) is 20.3 Å². The number of rotatable bonds is 8. The molecule has 86 valence electrons. The van der Waals surface area contributed by atoms with Crippen LogP contribution >= 0.6 is 0 Å². The SMILES string of the molecule is C=COCCOC(=CCC)C(=O)OCC. The zero-order valence-electron chi connectivity index (χ0n) is 9.32. The first-order valence-corrected chi connectivity index (χ1v) is 4.98. The Morgan fingerprint density at radius 1 is 1.27 bits per heavy atom. The van der Waals surface area contributed by atoms with E-state index >= 15 is 0 Å². The Balaban J connectivity index is 3.99. The van der Waals surface area contributed by atoms with E-state index in [1.807, 2.05) is 6.92 Å². The number of allylic oxidation sites excluding steroid dienone is 1. The lowest BCUT2D eigenvalue weighted by atomic mass is 10.4. The fraction of sp³-hybridized carbons (Fsp3) is 0.545. The van der Waals surface area contributed by atoms with Crippen molar-refractivity contribution >= 4 is 5.97 Å². The van der Waals surface area contributed by atoms with Crippen LogP contribution in [0.1, 0.15) is 20.3 Å². The van der Waals surface area contributed by atoms with Crippen LogP contribution < -0.4 is 0 Å². The third kappa shape index (κ3) is 6.60. The van der Waals surface area contributed by atoms with E-state index in [2.05, 4.69) is 6.58 Å². The van der Waals surface area contributed by atoms with Gasteiger partial charge in [-0.2, -0.15) is 0 Å². The molecule has 0 bridgehead atoms. The van der Waals surface area contributed by atoms with Crippen molar-refractivity contribution in [2.24, 2.45) is 0 Å². The smallest absolute Gasteiger partial charge is 0.373 e. The van der Waals surface area contributed by atoms with E-state index in [9.17, 15) is 4.79 Å². The summed E-state index contributed by atoms with van der Waals surface area (Å²) in [5.41, 5.74) is 0. The highest BCUT2D eigenvalue weighted by Crippen LogP contribution is 2.02. The molecule has 0 aromatic rings. The summed E-state index contributed by atoms with van der Waals surface area (Å²) in [7, 11) is 0. The lowest BCUT2D eigenvalue weighted by Gasteiger charge is -2.09. The van der Waals surface area contributed by atoms with Crippen LogP contribution in [0.3, 0.4) is 0 Å². The molecule has 4 nitrogen and oxygen atoms in total. The molecule has 0 spiro atoms. The summed E-state index contributed by atoms with van der Waals surface area (Å²) in [4.78, 5) is 11.3. The summed E-state index contributed by atoms with van der Waals surface area (Å²) in [6, 6.07) is 0. The molecule has 4 heteroatoms. The van der Waals surface area contributed by atoms with E-state index in [4.69, 9.17) is 14.2 Å². The summed E-state index contributed by atoms with van der Waals surface area (Å²) < 4.78 is 14.9. The highest BCUT2D eigenvalue weighted by Gasteiger charge is 2.10. The summed E-state index contributed by atoms with van der Waals surface area (Å²) in [5, 5.41) is 0. The van der Waals surface area contributed by atoms with Crippen LogP contribution in [0.2, 0.25) is 0 Å². The molecule has 0 atom stereocenters. The van der Waals surface area contributed by atoms with Crippen molar-refractivity contribution < 1.29 is 19.0 Å². The first kappa shape index (κ1) is 13.5. The summed E-state index contributed by atoms with van der Waals surface area (Å²) in [6.07, 6.45) is 3.74. The molecule has 0 aromatic carbocycles. The molecule has 0 fully saturated rings. The van der Waals surface area contributed by atoms with Crippen molar-refractivity contribution in [3.63, 3.8) is 0 Å². The van der Waals surface area contributed by atoms with Crippen LogP contribution in [0.15, 0.2) is 24.7 Å². The Bertz CT molecular complexity index is 221. The molecular formula is C11H18O4. The first-order chi connectivity index (χ1) is 7.26. The molecular weight excluding hydrogens is 196 g/mol. The Kier molecular flexibility index (Phi) is 8.24. The monoisotopic (exact) mass is 214 g/mol. The topological polar surface area (TPSA) is 44.8 Å². The van der Waals surface area contributed by atoms with Crippen LogP contribution in [0.4, 0.5) is 0 Å². The second-order valence-electron chi connectivity index (χ2n) is 2.58. The second-order valence-corrected chi connectivity index (χ2v) is 2.58. The zero-order chi connectivity index (χ0) is 11.5. The van der Waals surface area contributed by atoms with Gasteiger partial charge in [0.25, 0.3) is 0 Å². The maximum Gasteiger partial charge on any atom is 0.373 e. The predicted octanol–water partition coefficient (Wildman–Crippen LogP) is 2.02. The summed E-state index contributed by atoms with van der Waals surface area (Å²) in [5.74, 6) is -0.190. The molecule has 0 aliphatic carbocycles. The van der Waals surface area contributed by atoms with Gasteiger partial charge in [-0.3, -0.25) is 0 Å². The average molecular weight is 214 g/mol. The van der Waals surface area contributed by atoms with E-state index < -0.39 is 5.97 Å². The van der Waals surface area contributed by atoms with Crippen molar-refractivity contribution in [1.29, 1.82) is 0 Å². The molecule has 0 aromatic heterocycles. The Morgan fingerprint density at radius 3 is 2.53 bits per heavy atom. The normalized spacial score (nSPS) is 10.7. The van der Waals surface area contributed by atoms with Crippen LogP contribution in [0.5, 0.6) is 0 Å². The maximum absolute atomic E-state index is 11.3. The van der Waals surface area contributed by atoms with Gasteiger partial charge < -0.3 is 14.2 Å². The van der Waals surface area contributed by atoms with Crippen LogP contribution in [0, 0.1) is 0 Å². The van der Waals surface area contributed by atoms with Gasteiger partial charge in [-0.25, -0.2) is 4.79 Å². The minimum Gasteiger partial charge on any atom is -0.498 e. The maximum atomic E-state index is 11.3. The van der Waals surface area contributed by atoms with E-state index in [1.165, 1.54) is 6.26 Å². The zero-order valence-corrected chi connectivity index (χ0v) is 9.32. The minimum absolute atomic E-state index is 0.243. The number of hydrogen-bond acceptors (Lipinski definition) is 4. The van der Waals surface area contributed by atoms with Crippen LogP contribution in [0.25, 0.3) is 0 Å². The molecule has 15 heavy (non-hydrogen) atoms. The third-order valence-electron chi connectivity index (χ3n) is 1.44. The molecule has 0 amide bonds. The van der Waals surface area contributed by atoms with Crippen molar-refractivity contribution in [2.75, 3.05) is 19.8 Å². The summed E-state index contributed by atoms with van der Waals surface area (Å²) in [6.45, 7) is 8.07. The van der Waals surface area contributed by atoms with Crippen molar-refractivity contribution in [3.05, 3.63) is 24.7 Å². The van der Waals surface area contributed by atoms with Gasteiger partial charge in [-0.15, -0.1) is 0 Å². The Morgan fingerprint density at radius 2 is 2.00 bits per heavy atom. The van der Waals surface area contributed by atoms with E-state index in [0.717, 1.165) is 6.42 Å². The minimum atomic E-state index is -0.432. The quantitative estimate of drug-likeness (QED) is 0.268. The van der Waals surface area contributed by atoms with Gasteiger partial charge in [-0.1, -0.05) is 13.5 Å². The van der Waals surface area contributed by atoms with Crippen LogP contribution in [-0.2, 0) is 19.0 Å². The number of carbonyl (C=O) groups is 1. The molecule has 0 saturated carbocycles. The summed E-state index contributed by atoms with van der Waals surface area (Å²) >= 11 is 0. The number of hydrogen-bond donors (Lipinski definition) is 0. The molecule has 0 aliphatic rings. The van der Waals surface area contributed by atoms with Gasteiger partial charge >= 0.3 is 5.97 Å². The van der Waals surface area contributed by atoms with Gasteiger partial charge in [0, 0.05) is 0 Å². The molecule has 0 radical (unpaired) electrons. The molecule has 0 unspecified atom stereocenters. The molecule has 0 rings (SSSR count). The lowest BCUT2D eigenvalue weighted by molar-refractivity contribution is -0.142. The largest absolute Gasteiger partial charge is 0.498 e. The Labute approximate surface area is 90.5 Å². The first-order valence-electron chi connectivity index (χ1n) is 4.98. The van der Waals surface area contributed by atoms with Gasteiger partial charge in [0.05, 0.1) is 12.9 Å². The van der Waals surface area contributed by atoms with Crippen LogP contribution in [-0.4, -0.2) is 25.8 Å². The number of ether oxygens (including phenoxy) is 3. The van der Waals surface area contributed by atoms with E-state index in [-0.39, 0.29) is 5.76 Å². The third-order valence-corrected chi connectivity index (χ3v) is 1.44. The van der Waals surface area contributed by atoms with Gasteiger partial charge in [-0.05, 0) is 19.4 Å². The molecule has 0 heterocycles. The van der Waals surface area contributed by atoms with Crippen molar-refractivity contribution in [1.82, 2.24) is 0 Å². The highest BCUT2D eigenvalue weighted by atomic mass is 16.6. The number of esters is 1. The lowest BCUT2D eigenvalue weighted by Crippen LogP contribution is -2.12.